The standard InChI is InChI=1S/C24H30N2O5S2/c1-32-21-11-9-20(10-12-21)25-23(27)18-31-24(28)15-8-19-6-13-22(14-7-19)33(29,30)26-16-4-2-3-5-17-26/h6-7,9-14H,2-5,8,15-18H2,1H3,(H,25,27). The maximum absolute atomic E-state index is 12.8. The number of hydrogen-bond acceptors (Lipinski definition) is 6. The van der Waals surface area contributed by atoms with E-state index in [9.17, 15) is 18.0 Å². The van der Waals surface area contributed by atoms with E-state index < -0.39 is 21.9 Å². The number of sulfonamides is 1. The van der Waals surface area contributed by atoms with Crippen molar-refractivity contribution in [1.82, 2.24) is 4.31 Å². The summed E-state index contributed by atoms with van der Waals surface area (Å²) in [6.45, 7) is 0.773. The van der Waals surface area contributed by atoms with Gasteiger partial charge in [-0.05, 0) is 67.5 Å². The molecule has 33 heavy (non-hydrogen) atoms. The van der Waals surface area contributed by atoms with Gasteiger partial charge in [0.25, 0.3) is 5.91 Å². The normalized spacial score (nSPS) is 14.9. The van der Waals surface area contributed by atoms with Crippen molar-refractivity contribution in [2.45, 2.75) is 48.3 Å². The maximum atomic E-state index is 12.8. The summed E-state index contributed by atoms with van der Waals surface area (Å²) in [5.41, 5.74) is 1.48. The molecule has 1 aliphatic heterocycles. The highest BCUT2D eigenvalue weighted by Crippen LogP contribution is 2.21. The third kappa shape index (κ3) is 7.58. The molecule has 178 valence electrons. The smallest absolute Gasteiger partial charge is 0.306 e. The molecule has 2 aromatic carbocycles. The largest absolute Gasteiger partial charge is 0.456 e. The molecule has 0 saturated carbocycles. The van der Waals surface area contributed by atoms with Crippen molar-refractivity contribution in [3.05, 3.63) is 54.1 Å². The van der Waals surface area contributed by atoms with Gasteiger partial charge in [-0.25, -0.2) is 8.42 Å². The zero-order valence-corrected chi connectivity index (χ0v) is 20.4. The van der Waals surface area contributed by atoms with E-state index >= 15 is 0 Å². The first-order valence-corrected chi connectivity index (χ1v) is 13.7. The molecule has 3 rings (SSSR count). The second-order valence-electron chi connectivity index (χ2n) is 7.90. The van der Waals surface area contributed by atoms with Crippen molar-refractivity contribution in [1.29, 1.82) is 0 Å². The number of ether oxygens (including phenoxy) is 1. The minimum absolute atomic E-state index is 0.105. The van der Waals surface area contributed by atoms with Gasteiger partial charge in [-0.15, -0.1) is 11.8 Å². The summed E-state index contributed by atoms with van der Waals surface area (Å²) in [4.78, 5) is 25.4. The van der Waals surface area contributed by atoms with Crippen LogP contribution in [0.3, 0.4) is 0 Å². The molecule has 0 radical (unpaired) electrons. The van der Waals surface area contributed by atoms with Crippen molar-refractivity contribution in [3.8, 4) is 0 Å². The second kappa shape index (κ2) is 12.2. The molecule has 2 aromatic rings. The molecule has 0 unspecified atom stereocenters. The predicted octanol–water partition coefficient (Wildman–Crippen LogP) is 4.09. The Morgan fingerprint density at radius 2 is 1.61 bits per heavy atom. The van der Waals surface area contributed by atoms with Gasteiger partial charge < -0.3 is 10.1 Å². The minimum atomic E-state index is -3.49. The van der Waals surface area contributed by atoms with Crippen LogP contribution in [0, 0.1) is 0 Å². The van der Waals surface area contributed by atoms with E-state index in [0.29, 0.717) is 25.2 Å². The molecule has 1 heterocycles. The number of esters is 1. The number of anilines is 1. The average Bonchev–Trinajstić information content (AvgIpc) is 3.12. The molecule has 1 saturated heterocycles. The first-order chi connectivity index (χ1) is 15.9. The number of aryl methyl sites for hydroxylation is 1. The van der Waals surface area contributed by atoms with E-state index in [1.807, 2.05) is 18.4 Å². The lowest BCUT2D eigenvalue weighted by molar-refractivity contribution is -0.147. The van der Waals surface area contributed by atoms with Gasteiger partial charge >= 0.3 is 5.97 Å². The monoisotopic (exact) mass is 490 g/mol. The Kier molecular flexibility index (Phi) is 9.34. The van der Waals surface area contributed by atoms with Crippen LogP contribution in [0.15, 0.2) is 58.3 Å². The molecule has 1 amide bonds. The second-order valence-corrected chi connectivity index (χ2v) is 10.7. The van der Waals surface area contributed by atoms with Crippen LogP contribution in [0.4, 0.5) is 5.69 Å². The van der Waals surface area contributed by atoms with Gasteiger partial charge in [0.05, 0.1) is 4.90 Å². The van der Waals surface area contributed by atoms with Crippen molar-refractivity contribution >= 4 is 39.3 Å². The molecule has 1 N–H and O–H groups in total. The van der Waals surface area contributed by atoms with Crippen molar-refractivity contribution in [2.24, 2.45) is 0 Å². The summed E-state index contributed by atoms with van der Waals surface area (Å²) < 4.78 is 32.3. The molecular formula is C24H30N2O5S2. The Balaban J connectivity index is 1.43. The predicted molar refractivity (Wildman–Crippen MR) is 130 cm³/mol. The molecule has 0 aromatic heterocycles. The number of nitrogens with zero attached hydrogens (tertiary/aromatic N) is 1. The van der Waals surface area contributed by atoms with E-state index in [2.05, 4.69) is 5.32 Å². The molecule has 1 aliphatic rings. The number of hydrogen-bond donors (Lipinski definition) is 1. The molecule has 7 nitrogen and oxygen atoms in total. The molecule has 0 atom stereocenters. The van der Waals surface area contributed by atoms with Crippen LogP contribution >= 0.6 is 11.8 Å². The van der Waals surface area contributed by atoms with E-state index in [1.54, 1.807) is 52.5 Å². The first kappa shape index (κ1) is 25.3. The van der Waals surface area contributed by atoms with Gasteiger partial charge in [0.15, 0.2) is 6.61 Å². The SMILES string of the molecule is CSc1ccc(NC(=O)COC(=O)CCc2ccc(S(=O)(=O)N3CCCCCC3)cc2)cc1. The van der Waals surface area contributed by atoms with Crippen LogP contribution in [-0.4, -0.2) is 50.6 Å². The molecule has 1 fully saturated rings. The summed E-state index contributed by atoms with van der Waals surface area (Å²) in [5.74, 6) is -0.882. The minimum Gasteiger partial charge on any atom is -0.456 e. The summed E-state index contributed by atoms with van der Waals surface area (Å²) in [5, 5.41) is 2.69. The lowest BCUT2D eigenvalue weighted by Crippen LogP contribution is -2.31. The number of rotatable bonds is 9. The third-order valence-corrected chi connectivity index (χ3v) is 8.14. The number of carbonyl (C=O) groups excluding carboxylic acids is 2. The Labute approximate surface area is 199 Å². The van der Waals surface area contributed by atoms with E-state index in [0.717, 1.165) is 36.1 Å². The summed E-state index contributed by atoms with van der Waals surface area (Å²) >= 11 is 1.61. The molecule has 0 bridgehead atoms. The van der Waals surface area contributed by atoms with Gasteiger partial charge in [0.1, 0.15) is 0 Å². The van der Waals surface area contributed by atoms with Crippen molar-refractivity contribution < 1.29 is 22.7 Å². The van der Waals surface area contributed by atoms with Gasteiger partial charge in [0, 0.05) is 30.1 Å². The third-order valence-electron chi connectivity index (χ3n) is 5.48. The number of carbonyl (C=O) groups is 2. The lowest BCUT2D eigenvalue weighted by atomic mass is 10.1. The lowest BCUT2D eigenvalue weighted by Gasteiger charge is -2.20. The summed E-state index contributed by atoms with van der Waals surface area (Å²) in [7, 11) is -3.49. The number of nitrogens with one attached hydrogen (secondary N) is 1. The van der Waals surface area contributed by atoms with Gasteiger partial charge in [-0.2, -0.15) is 4.31 Å². The average molecular weight is 491 g/mol. The van der Waals surface area contributed by atoms with E-state index in [1.165, 1.54) is 0 Å². The van der Waals surface area contributed by atoms with Gasteiger partial charge in [0.2, 0.25) is 10.0 Å². The van der Waals surface area contributed by atoms with Crippen LogP contribution in [-0.2, 0) is 30.8 Å². The maximum Gasteiger partial charge on any atom is 0.306 e. The van der Waals surface area contributed by atoms with Crippen molar-refractivity contribution in [2.75, 3.05) is 31.3 Å². The van der Waals surface area contributed by atoms with Gasteiger partial charge in [-0.3, -0.25) is 9.59 Å². The quantitative estimate of drug-likeness (QED) is 0.420. The summed E-state index contributed by atoms with van der Waals surface area (Å²) in [6, 6.07) is 14.0. The Hall–Kier alpha value is -2.36. The van der Waals surface area contributed by atoms with Crippen LogP contribution in [0.2, 0.25) is 0 Å². The molecule has 0 spiro atoms. The number of benzene rings is 2. The van der Waals surface area contributed by atoms with Crippen LogP contribution < -0.4 is 5.32 Å². The highest BCUT2D eigenvalue weighted by atomic mass is 32.2. The summed E-state index contributed by atoms with van der Waals surface area (Å²) in [6.07, 6.45) is 6.39. The number of amides is 1. The molecular weight excluding hydrogens is 460 g/mol. The van der Waals surface area contributed by atoms with E-state index in [-0.39, 0.29) is 17.9 Å². The van der Waals surface area contributed by atoms with Crippen LogP contribution in [0.1, 0.15) is 37.7 Å². The van der Waals surface area contributed by atoms with Gasteiger partial charge in [-0.1, -0.05) is 25.0 Å². The number of thioether (sulfide) groups is 1. The van der Waals surface area contributed by atoms with Crippen molar-refractivity contribution in [3.63, 3.8) is 0 Å². The highest BCUT2D eigenvalue weighted by Gasteiger charge is 2.24. The van der Waals surface area contributed by atoms with Crippen LogP contribution in [0.25, 0.3) is 0 Å². The fraction of sp³-hybridized carbons (Fsp3) is 0.417. The molecule has 0 aliphatic carbocycles. The Morgan fingerprint density at radius 1 is 0.970 bits per heavy atom. The zero-order valence-electron chi connectivity index (χ0n) is 18.8. The topological polar surface area (TPSA) is 92.8 Å². The molecule has 9 heteroatoms. The zero-order chi connectivity index (χ0) is 23.7. The van der Waals surface area contributed by atoms with Crippen LogP contribution in [0.5, 0.6) is 0 Å². The van der Waals surface area contributed by atoms with E-state index in [4.69, 9.17) is 4.74 Å². The fourth-order valence-corrected chi connectivity index (χ4v) is 5.52. The fourth-order valence-electron chi connectivity index (χ4n) is 3.60. The first-order valence-electron chi connectivity index (χ1n) is 11.1. The highest BCUT2D eigenvalue weighted by molar-refractivity contribution is 7.98. The Bertz CT molecular complexity index is 1030. The Morgan fingerprint density at radius 3 is 2.21 bits per heavy atom.